The van der Waals surface area contributed by atoms with Crippen molar-refractivity contribution >= 4 is 0 Å². The van der Waals surface area contributed by atoms with Crippen LogP contribution in [0.3, 0.4) is 0 Å². The molecule has 0 spiro atoms. The minimum atomic E-state index is 0.0467. The Labute approximate surface area is 152 Å². The fraction of sp³-hybridized carbons (Fsp3) is 0.955. The van der Waals surface area contributed by atoms with E-state index in [0.29, 0.717) is 0 Å². The van der Waals surface area contributed by atoms with Gasteiger partial charge in [0.05, 0.1) is 12.2 Å². The van der Waals surface area contributed by atoms with Crippen molar-refractivity contribution in [2.75, 3.05) is 13.2 Å². The van der Waals surface area contributed by atoms with Crippen LogP contribution >= 0.6 is 0 Å². The standard InChI is InChI=1S/C22H43O2/c1-3-4-5-6-7-8-9-10-11-12-13-14-15-16-19-24-22-18-17-20-23-21(22)2/h21-22H,2-20H2,1H3/t21-,22+/m0/s1. The Balaban J connectivity index is 1.72. The van der Waals surface area contributed by atoms with Crippen molar-refractivity contribution in [2.45, 2.75) is 122 Å². The lowest BCUT2D eigenvalue weighted by Crippen LogP contribution is -2.34. The highest BCUT2D eigenvalue weighted by Crippen LogP contribution is 2.17. The molecule has 1 aliphatic heterocycles. The van der Waals surface area contributed by atoms with E-state index in [4.69, 9.17) is 9.47 Å². The van der Waals surface area contributed by atoms with E-state index >= 15 is 0 Å². The van der Waals surface area contributed by atoms with Crippen molar-refractivity contribution in [2.24, 2.45) is 0 Å². The van der Waals surface area contributed by atoms with Crippen LogP contribution in [0.1, 0.15) is 110 Å². The van der Waals surface area contributed by atoms with Crippen molar-refractivity contribution in [3.8, 4) is 0 Å². The van der Waals surface area contributed by atoms with Crippen LogP contribution in [0.25, 0.3) is 0 Å². The second kappa shape index (κ2) is 16.4. The average Bonchev–Trinajstić information content (AvgIpc) is 2.60. The van der Waals surface area contributed by atoms with Gasteiger partial charge in [-0.2, -0.15) is 0 Å². The van der Waals surface area contributed by atoms with E-state index in [-0.39, 0.29) is 12.2 Å². The normalized spacial score (nSPS) is 21.2. The van der Waals surface area contributed by atoms with Gasteiger partial charge in [-0.05, 0) is 26.2 Å². The molecule has 1 fully saturated rings. The van der Waals surface area contributed by atoms with E-state index in [1.165, 1.54) is 89.9 Å². The second-order valence-corrected chi connectivity index (χ2v) is 7.56. The second-order valence-electron chi connectivity index (χ2n) is 7.56. The largest absolute Gasteiger partial charge is 0.376 e. The van der Waals surface area contributed by atoms with Gasteiger partial charge >= 0.3 is 0 Å². The Hall–Kier alpha value is -0.0800. The van der Waals surface area contributed by atoms with Crippen LogP contribution < -0.4 is 0 Å². The monoisotopic (exact) mass is 339 g/mol. The summed E-state index contributed by atoms with van der Waals surface area (Å²) in [6, 6.07) is 0. The van der Waals surface area contributed by atoms with Crippen molar-refractivity contribution in [1.82, 2.24) is 0 Å². The Morgan fingerprint density at radius 2 is 1.29 bits per heavy atom. The Kier molecular flexibility index (Phi) is 15.0. The first-order valence-electron chi connectivity index (χ1n) is 10.9. The lowest BCUT2D eigenvalue weighted by Gasteiger charge is -2.28. The van der Waals surface area contributed by atoms with E-state index in [1.807, 2.05) is 0 Å². The summed E-state index contributed by atoms with van der Waals surface area (Å²) in [5.41, 5.74) is 0. The highest BCUT2D eigenvalue weighted by Gasteiger charge is 2.22. The quantitative estimate of drug-likeness (QED) is 0.286. The Morgan fingerprint density at radius 1 is 0.792 bits per heavy atom. The molecule has 1 saturated heterocycles. The molecule has 0 saturated carbocycles. The maximum Gasteiger partial charge on any atom is 0.0837 e. The first-order chi connectivity index (χ1) is 11.8. The highest BCUT2D eigenvalue weighted by atomic mass is 16.5. The zero-order valence-corrected chi connectivity index (χ0v) is 16.4. The summed E-state index contributed by atoms with van der Waals surface area (Å²) in [5.74, 6) is 0. The molecule has 1 heterocycles. The maximum absolute atomic E-state index is 5.91. The molecule has 0 N–H and O–H groups in total. The molecule has 2 atom stereocenters. The summed E-state index contributed by atoms with van der Waals surface area (Å²) in [6.07, 6.45) is 22.2. The molecular formula is C22H43O2. The molecular weight excluding hydrogens is 296 g/mol. The molecule has 0 aromatic heterocycles. The summed E-state index contributed by atoms with van der Waals surface area (Å²) in [4.78, 5) is 0. The smallest absolute Gasteiger partial charge is 0.0837 e. The molecule has 1 rings (SSSR count). The van der Waals surface area contributed by atoms with Crippen molar-refractivity contribution in [3.05, 3.63) is 6.92 Å². The summed E-state index contributed by atoms with van der Waals surface area (Å²) in [6.45, 7) is 8.05. The molecule has 24 heavy (non-hydrogen) atoms. The van der Waals surface area contributed by atoms with Gasteiger partial charge in [-0.3, -0.25) is 0 Å². The molecule has 0 aromatic rings. The van der Waals surface area contributed by atoms with E-state index in [0.717, 1.165) is 26.1 Å². The fourth-order valence-electron chi connectivity index (χ4n) is 3.53. The highest BCUT2D eigenvalue weighted by molar-refractivity contribution is 4.76. The van der Waals surface area contributed by atoms with Gasteiger partial charge in [-0.25, -0.2) is 0 Å². The molecule has 0 bridgehead atoms. The van der Waals surface area contributed by atoms with Gasteiger partial charge in [0.1, 0.15) is 0 Å². The number of hydrogen-bond donors (Lipinski definition) is 0. The van der Waals surface area contributed by atoms with Crippen LogP contribution in [0.4, 0.5) is 0 Å². The van der Waals surface area contributed by atoms with Crippen LogP contribution in [0.5, 0.6) is 0 Å². The van der Waals surface area contributed by atoms with Gasteiger partial charge in [-0.1, -0.05) is 90.4 Å². The van der Waals surface area contributed by atoms with Gasteiger partial charge < -0.3 is 9.47 Å². The van der Waals surface area contributed by atoms with Crippen LogP contribution in [0.2, 0.25) is 0 Å². The lowest BCUT2D eigenvalue weighted by molar-refractivity contribution is -0.0864. The van der Waals surface area contributed by atoms with E-state index in [9.17, 15) is 0 Å². The summed E-state index contributed by atoms with van der Waals surface area (Å²) >= 11 is 0. The van der Waals surface area contributed by atoms with Gasteiger partial charge in [-0.15, -0.1) is 0 Å². The van der Waals surface area contributed by atoms with Crippen molar-refractivity contribution < 1.29 is 9.47 Å². The van der Waals surface area contributed by atoms with E-state index in [2.05, 4.69) is 13.8 Å². The molecule has 1 aliphatic rings. The predicted octanol–water partition coefficient (Wildman–Crippen LogP) is 6.87. The maximum atomic E-state index is 5.91. The molecule has 2 heteroatoms. The van der Waals surface area contributed by atoms with E-state index in [1.54, 1.807) is 0 Å². The number of unbranched alkanes of at least 4 members (excludes halogenated alkanes) is 13. The SMILES string of the molecule is [CH2][C@@H]1OCCC[C@H]1OCCCCCCCCCCCCCCCC. The molecule has 0 amide bonds. The third-order valence-corrected chi connectivity index (χ3v) is 5.21. The van der Waals surface area contributed by atoms with Gasteiger partial charge in [0, 0.05) is 13.2 Å². The fourth-order valence-corrected chi connectivity index (χ4v) is 3.53. The molecule has 2 nitrogen and oxygen atoms in total. The minimum absolute atomic E-state index is 0.0467. The van der Waals surface area contributed by atoms with Gasteiger partial charge in [0.15, 0.2) is 0 Å². The van der Waals surface area contributed by atoms with Crippen molar-refractivity contribution in [3.63, 3.8) is 0 Å². The summed E-state index contributed by atoms with van der Waals surface area (Å²) in [5, 5.41) is 0. The first kappa shape index (κ1) is 22.0. The molecule has 0 unspecified atom stereocenters. The third-order valence-electron chi connectivity index (χ3n) is 5.21. The molecule has 143 valence electrons. The van der Waals surface area contributed by atoms with E-state index < -0.39 is 0 Å². The molecule has 0 aromatic carbocycles. The number of rotatable bonds is 16. The Morgan fingerprint density at radius 3 is 1.79 bits per heavy atom. The topological polar surface area (TPSA) is 18.5 Å². The van der Waals surface area contributed by atoms with Crippen molar-refractivity contribution in [1.29, 1.82) is 0 Å². The van der Waals surface area contributed by atoms with Crippen LogP contribution in [0.15, 0.2) is 0 Å². The summed E-state index contributed by atoms with van der Waals surface area (Å²) < 4.78 is 11.4. The first-order valence-corrected chi connectivity index (χ1v) is 10.9. The van der Waals surface area contributed by atoms with Gasteiger partial charge in [0.2, 0.25) is 0 Å². The zero-order chi connectivity index (χ0) is 17.3. The number of hydrogen-bond acceptors (Lipinski definition) is 2. The summed E-state index contributed by atoms with van der Waals surface area (Å²) in [7, 11) is 0. The van der Waals surface area contributed by atoms with Gasteiger partial charge in [0.25, 0.3) is 0 Å². The van der Waals surface area contributed by atoms with Crippen LogP contribution in [-0.2, 0) is 9.47 Å². The third kappa shape index (κ3) is 12.3. The van der Waals surface area contributed by atoms with Crippen LogP contribution in [-0.4, -0.2) is 25.4 Å². The molecule has 0 aliphatic carbocycles. The predicted molar refractivity (Wildman–Crippen MR) is 104 cm³/mol. The van der Waals surface area contributed by atoms with Crippen LogP contribution in [0, 0.1) is 6.92 Å². The lowest BCUT2D eigenvalue weighted by atomic mass is 10.0. The zero-order valence-electron chi connectivity index (χ0n) is 16.4. The minimum Gasteiger partial charge on any atom is -0.376 e. The Bertz CT molecular complexity index is 254. The average molecular weight is 340 g/mol. The molecule has 1 radical (unpaired) electrons. The number of ether oxygens (including phenoxy) is 2.